The molecule has 0 radical (unpaired) electrons. The number of hydrogen-bond donors (Lipinski definition) is 1. The summed E-state index contributed by atoms with van der Waals surface area (Å²) in [7, 11) is 1.17. The third-order valence-corrected chi connectivity index (χ3v) is 4.18. The third-order valence-electron chi connectivity index (χ3n) is 3.89. The van der Waals surface area contributed by atoms with Crippen LogP contribution >= 0.6 is 11.6 Å². The number of methoxy groups -OCH3 is 1. The van der Waals surface area contributed by atoms with Crippen LogP contribution in [0.4, 0.5) is 14.9 Å². The number of carbonyl (C=O) groups is 2. The molecule has 0 atom stereocenters. The monoisotopic (exact) mass is 387 g/mol. The van der Waals surface area contributed by atoms with Crippen molar-refractivity contribution in [2.24, 2.45) is 0 Å². The Labute approximate surface area is 159 Å². The summed E-state index contributed by atoms with van der Waals surface area (Å²) >= 11 is 5.69. The highest BCUT2D eigenvalue weighted by molar-refractivity contribution is 6.31. The zero-order valence-electron chi connectivity index (χ0n) is 14.3. The van der Waals surface area contributed by atoms with E-state index in [2.05, 4.69) is 10.1 Å². The Balaban J connectivity index is 1.71. The quantitative estimate of drug-likeness (QED) is 0.627. The van der Waals surface area contributed by atoms with Crippen molar-refractivity contribution in [3.63, 3.8) is 0 Å². The highest BCUT2D eigenvalue weighted by atomic mass is 35.5. The minimum Gasteiger partial charge on any atom is -0.465 e. The fourth-order valence-electron chi connectivity index (χ4n) is 2.55. The van der Waals surface area contributed by atoms with E-state index in [-0.39, 0.29) is 22.9 Å². The first-order chi connectivity index (χ1) is 13.0. The van der Waals surface area contributed by atoms with Gasteiger partial charge in [-0.3, -0.25) is 5.32 Å². The molecule has 138 valence electrons. The van der Waals surface area contributed by atoms with Gasteiger partial charge in [-0.15, -0.1) is 0 Å². The SMILES string of the molecule is COC(=O)c1cc(Cl)c(F)cc1NC(=O)OCc1ccc2ccccc2c1. The second kappa shape index (κ2) is 8.05. The summed E-state index contributed by atoms with van der Waals surface area (Å²) in [6.07, 6.45) is -0.838. The number of ether oxygens (including phenoxy) is 2. The van der Waals surface area contributed by atoms with Gasteiger partial charge in [-0.05, 0) is 34.5 Å². The molecule has 0 aliphatic heterocycles. The molecular weight excluding hydrogens is 373 g/mol. The number of nitrogens with one attached hydrogen (secondary N) is 1. The van der Waals surface area contributed by atoms with Crippen molar-refractivity contribution in [3.8, 4) is 0 Å². The summed E-state index contributed by atoms with van der Waals surface area (Å²) in [5.41, 5.74) is 0.623. The Morgan fingerprint density at radius 2 is 1.81 bits per heavy atom. The summed E-state index contributed by atoms with van der Waals surface area (Å²) in [4.78, 5) is 23.9. The number of amides is 1. The number of fused-ring (bicyclic) bond motifs is 1. The van der Waals surface area contributed by atoms with Crippen molar-refractivity contribution in [1.29, 1.82) is 0 Å². The second-order valence-electron chi connectivity index (χ2n) is 5.69. The highest BCUT2D eigenvalue weighted by Crippen LogP contribution is 2.25. The first-order valence-electron chi connectivity index (χ1n) is 7.97. The van der Waals surface area contributed by atoms with Crippen LogP contribution in [0.15, 0.2) is 54.6 Å². The van der Waals surface area contributed by atoms with Crippen molar-refractivity contribution in [3.05, 3.63) is 76.6 Å². The molecule has 1 amide bonds. The van der Waals surface area contributed by atoms with Crippen molar-refractivity contribution in [2.45, 2.75) is 6.61 Å². The summed E-state index contributed by atoms with van der Waals surface area (Å²) < 4.78 is 23.5. The van der Waals surface area contributed by atoms with Crippen LogP contribution in [-0.2, 0) is 16.1 Å². The topological polar surface area (TPSA) is 64.6 Å². The lowest BCUT2D eigenvalue weighted by Crippen LogP contribution is -2.17. The van der Waals surface area contributed by atoms with Crippen molar-refractivity contribution < 1.29 is 23.5 Å². The van der Waals surface area contributed by atoms with E-state index < -0.39 is 17.9 Å². The minimum atomic E-state index is -0.838. The van der Waals surface area contributed by atoms with E-state index in [4.69, 9.17) is 16.3 Å². The highest BCUT2D eigenvalue weighted by Gasteiger charge is 2.18. The molecule has 0 unspecified atom stereocenters. The average molecular weight is 388 g/mol. The van der Waals surface area contributed by atoms with Crippen LogP contribution < -0.4 is 5.32 Å². The fraction of sp³-hybridized carbons (Fsp3) is 0.100. The first-order valence-corrected chi connectivity index (χ1v) is 8.34. The van der Waals surface area contributed by atoms with Crippen LogP contribution in [0.5, 0.6) is 0 Å². The van der Waals surface area contributed by atoms with Crippen LogP contribution in [-0.4, -0.2) is 19.2 Å². The van der Waals surface area contributed by atoms with Crippen molar-refractivity contribution >= 4 is 40.1 Å². The molecule has 5 nitrogen and oxygen atoms in total. The predicted molar refractivity (Wildman–Crippen MR) is 101 cm³/mol. The molecule has 0 aliphatic rings. The molecule has 0 aromatic heterocycles. The largest absolute Gasteiger partial charge is 0.465 e. The molecule has 0 aliphatic carbocycles. The predicted octanol–water partition coefficient (Wildman–Crippen LogP) is 5.17. The molecule has 0 spiro atoms. The molecule has 3 aromatic carbocycles. The molecule has 0 saturated carbocycles. The van der Waals surface area contributed by atoms with Gasteiger partial charge < -0.3 is 9.47 Å². The maximum Gasteiger partial charge on any atom is 0.411 e. The standard InChI is InChI=1S/C20H15ClFNO4/c1-26-19(24)15-9-16(21)17(22)10-18(15)23-20(25)27-11-12-6-7-13-4-2-3-5-14(13)8-12/h2-10H,11H2,1H3,(H,23,25). The van der Waals surface area contributed by atoms with E-state index in [0.29, 0.717) is 0 Å². The van der Waals surface area contributed by atoms with Crippen LogP contribution in [0.2, 0.25) is 5.02 Å². The Kier molecular flexibility index (Phi) is 5.57. The molecular formula is C20H15ClFNO4. The van der Waals surface area contributed by atoms with Crippen LogP contribution in [0, 0.1) is 5.82 Å². The molecule has 27 heavy (non-hydrogen) atoms. The van der Waals surface area contributed by atoms with Crippen molar-refractivity contribution in [2.75, 3.05) is 12.4 Å². The molecule has 3 rings (SSSR count). The van der Waals surface area contributed by atoms with Crippen LogP contribution in [0.25, 0.3) is 10.8 Å². The van der Waals surface area contributed by atoms with Gasteiger partial charge in [-0.1, -0.05) is 48.0 Å². The first kappa shape index (κ1) is 18.7. The molecule has 0 bridgehead atoms. The Bertz CT molecular complexity index is 1020. The summed E-state index contributed by atoms with van der Waals surface area (Å²) in [6, 6.07) is 15.5. The van der Waals surface area contributed by atoms with Gasteiger partial charge >= 0.3 is 12.1 Å². The van der Waals surface area contributed by atoms with E-state index in [1.54, 1.807) is 0 Å². The van der Waals surface area contributed by atoms with Gasteiger partial charge in [0.15, 0.2) is 0 Å². The molecule has 0 heterocycles. The van der Waals surface area contributed by atoms with Crippen LogP contribution in [0.3, 0.4) is 0 Å². The lowest BCUT2D eigenvalue weighted by molar-refractivity contribution is 0.0602. The zero-order chi connectivity index (χ0) is 19.4. The molecule has 7 heteroatoms. The number of carbonyl (C=O) groups excluding carboxylic acids is 2. The van der Waals surface area contributed by atoms with Gasteiger partial charge in [0.1, 0.15) is 12.4 Å². The summed E-state index contributed by atoms with van der Waals surface area (Å²) in [5, 5.41) is 4.18. The van der Waals surface area contributed by atoms with Gasteiger partial charge in [0.2, 0.25) is 0 Å². The minimum absolute atomic E-state index is 0.0142. The Morgan fingerprint density at radius 1 is 1.07 bits per heavy atom. The zero-order valence-corrected chi connectivity index (χ0v) is 15.0. The number of hydrogen-bond acceptors (Lipinski definition) is 4. The Morgan fingerprint density at radius 3 is 2.56 bits per heavy atom. The molecule has 0 saturated heterocycles. The fourth-order valence-corrected chi connectivity index (χ4v) is 2.72. The normalized spacial score (nSPS) is 10.5. The number of rotatable bonds is 4. The maximum absolute atomic E-state index is 13.7. The summed E-state index contributed by atoms with van der Waals surface area (Å²) in [6.45, 7) is 0.0142. The van der Waals surface area contributed by atoms with E-state index in [0.717, 1.165) is 28.5 Å². The molecule has 1 N–H and O–H groups in total. The smallest absolute Gasteiger partial charge is 0.411 e. The van der Waals surface area contributed by atoms with E-state index in [9.17, 15) is 14.0 Å². The van der Waals surface area contributed by atoms with Gasteiger partial charge in [0, 0.05) is 0 Å². The lowest BCUT2D eigenvalue weighted by Gasteiger charge is -2.11. The number of halogens is 2. The maximum atomic E-state index is 13.7. The summed E-state index contributed by atoms with van der Waals surface area (Å²) in [5.74, 6) is -1.55. The third kappa shape index (κ3) is 4.35. The number of benzene rings is 3. The van der Waals surface area contributed by atoms with E-state index in [1.807, 2.05) is 42.5 Å². The van der Waals surface area contributed by atoms with Crippen LogP contribution in [0.1, 0.15) is 15.9 Å². The molecule has 0 fully saturated rings. The van der Waals surface area contributed by atoms with Gasteiger partial charge in [0.05, 0.1) is 23.4 Å². The van der Waals surface area contributed by atoms with Crippen molar-refractivity contribution in [1.82, 2.24) is 0 Å². The van der Waals surface area contributed by atoms with Gasteiger partial charge in [0.25, 0.3) is 0 Å². The lowest BCUT2D eigenvalue weighted by atomic mass is 10.1. The molecule has 3 aromatic rings. The number of esters is 1. The van der Waals surface area contributed by atoms with E-state index >= 15 is 0 Å². The Hall–Kier alpha value is -3.12. The number of anilines is 1. The van der Waals surface area contributed by atoms with E-state index in [1.165, 1.54) is 7.11 Å². The van der Waals surface area contributed by atoms with Gasteiger partial charge in [-0.2, -0.15) is 0 Å². The second-order valence-corrected chi connectivity index (χ2v) is 6.09. The van der Waals surface area contributed by atoms with Gasteiger partial charge in [-0.25, -0.2) is 14.0 Å². The average Bonchev–Trinajstić information content (AvgIpc) is 2.68.